The molecule has 2 aliphatic rings. The van der Waals surface area contributed by atoms with Crippen molar-refractivity contribution in [3.05, 3.63) is 64.9 Å². The van der Waals surface area contributed by atoms with Crippen molar-refractivity contribution in [2.24, 2.45) is 5.92 Å². The fourth-order valence-electron chi connectivity index (χ4n) is 4.33. The molecule has 0 bridgehead atoms. The lowest BCUT2D eigenvalue weighted by molar-refractivity contribution is -0.132. The maximum absolute atomic E-state index is 13.8. The van der Waals surface area contributed by atoms with Gasteiger partial charge in [0.2, 0.25) is 11.8 Å². The highest BCUT2D eigenvalue weighted by Crippen LogP contribution is 2.35. The number of ether oxygens (including phenoxy) is 1. The SMILES string of the molecule is O=C(NCC1(c2cccc(F)c2)CCOCC1)C1CCN(c2ccc(Cl)cc2)C1=O. The molecule has 0 saturated carbocycles. The van der Waals surface area contributed by atoms with Crippen LogP contribution < -0.4 is 10.2 Å². The Morgan fingerprint density at radius 3 is 2.63 bits per heavy atom. The third-order valence-corrected chi connectivity index (χ3v) is 6.40. The van der Waals surface area contributed by atoms with Crippen molar-refractivity contribution >= 4 is 29.1 Å². The number of anilines is 1. The topological polar surface area (TPSA) is 58.6 Å². The predicted octanol–water partition coefficient (Wildman–Crippen LogP) is 3.70. The van der Waals surface area contributed by atoms with Crippen LogP contribution in [0.1, 0.15) is 24.8 Å². The van der Waals surface area contributed by atoms with Gasteiger partial charge in [-0.2, -0.15) is 0 Å². The van der Waals surface area contributed by atoms with Gasteiger partial charge in [0, 0.05) is 42.4 Å². The highest BCUT2D eigenvalue weighted by atomic mass is 35.5. The van der Waals surface area contributed by atoms with Crippen molar-refractivity contribution in [3.63, 3.8) is 0 Å². The smallest absolute Gasteiger partial charge is 0.239 e. The summed E-state index contributed by atoms with van der Waals surface area (Å²) in [6.45, 7) is 1.95. The summed E-state index contributed by atoms with van der Waals surface area (Å²) in [7, 11) is 0. The van der Waals surface area contributed by atoms with Crippen molar-refractivity contribution in [2.45, 2.75) is 24.7 Å². The second-order valence-electron chi connectivity index (χ2n) is 7.93. The molecule has 2 aromatic rings. The zero-order valence-corrected chi connectivity index (χ0v) is 17.3. The number of carbonyl (C=O) groups excluding carboxylic acids is 2. The number of amides is 2. The fraction of sp³-hybridized carbons (Fsp3) is 0.391. The first-order valence-electron chi connectivity index (χ1n) is 10.2. The van der Waals surface area contributed by atoms with Crippen LogP contribution in [0.3, 0.4) is 0 Å². The first-order chi connectivity index (χ1) is 14.5. The minimum atomic E-state index is -0.718. The second-order valence-corrected chi connectivity index (χ2v) is 8.36. The lowest BCUT2D eigenvalue weighted by Crippen LogP contribution is -2.47. The van der Waals surface area contributed by atoms with E-state index in [4.69, 9.17) is 16.3 Å². The minimum Gasteiger partial charge on any atom is -0.381 e. The number of rotatable bonds is 5. The van der Waals surface area contributed by atoms with Gasteiger partial charge < -0.3 is 15.0 Å². The van der Waals surface area contributed by atoms with E-state index in [1.54, 1.807) is 35.2 Å². The van der Waals surface area contributed by atoms with E-state index in [9.17, 15) is 14.0 Å². The third kappa shape index (κ3) is 4.20. The highest BCUT2D eigenvalue weighted by molar-refractivity contribution is 6.30. The molecular formula is C23H24ClFN2O3. The largest absolute Gasteiger partial charge is 0.381 e. The predicted molar refractivity (Wildman–Crippen MR) is 113 cm³/mol. The number of benzene rings is 2. The molecule has 5 nitrogen and oxygen atoms in total. The lowest BCUT2D eigenvalue weighted by Gasteiger charge is -2.38. The van der Waals surface area contributed by atoms with Crippen LogP contribution in [-0.4, -0.2) is 38.1 Å². The summed E-state index contributed by atoms with van der Waals surface area (Å²) in [5.41, 5.74) is 1.19. The van der Waals surface area contributed by atoms with Crippen molar-refractivity contribution in [3.8, 4) is 0 Å². The fourth-order valence-corrected chi connectivity index (χ4v) is 4.45. The normalized spacial score (nSPS) is 20.9. The summed E-state index contributed by atoms with van der Waals surface area (Å²) >= 11 is 5.92. The minimum absolute atomic E-state index is 0.207. The van der Waals surface area contributed by atoms with E-state index < -0.39 is 11.3 Å². The molecule has 0 aromatic heterocycles. The van der Waals surface area contributed by atoms with Crippen molar-refractivity contribution < 1.29 is 18.7 Å². The summed E-state index contributed by atoms with van der Waals surface area (Å²) in [5.74, 6) is -1.50. The lowest BCUT2D eigenvalue weighted by atomic mass is 9.74. The molecule has 2 heterocycles. The van der Waals surface area contributed by atoms with E-state index in [1.807, 2.05) is 6.07 Å². The molecule has 4 rings (SSSR count). The number of hydrogen-bond donors (Lipinski definition) is 1. The van der Waals surface area contributed by atoms with E-state index in [0.717, 1.165) is 11.3 Å². The molecule has 2 amide bonds. The standard InChI is InChI=1S/C23H24ClFN2O3/c24-17-4-6-19(7-5-17)27-11-8-20(22(27)29)21(28)26-15-23(9-12-30-13-10-23)16-2-1-3-18(25)14-16/h1-7,14,20H,8-13,15H2,(H,26,28). The van der Waals surface area contributed by atoms with Gasteiger partial charge in [-0.1, -0.05) is 23.7 Å². The Balaban J connectivity index is 1.45. The van der Waals surface area contributed by atoms with E-state index in [0.29, 0.717) is 50.6 Å². The molecule has 158 valence electrons. The van der Waals surface area contributed by atoms with Gasteiger partial charge in [-0.25, -0.2) is 4.39 Å². The van der Waals surface area contributed by atoms with E-state index in [2.05, 4.69) is 5.32 Å². The molecule has 0 radical (unpaired) electrons. The number of halogens is 2. The van der Waals surface area contributed by atoms with Gasteiger partial charge in [0.25, 0.3) is 0 Å². The van der Waals surface area contributed by atoms with E-state index >= 15 is 0 Å². The molecule has 2 fully saturated rings. The molecule has 2 aromatic carbocycles. The molecule has 2 saturated heterocycles. The summed E-state index contributed by atoms with van der Waals surface area (Å²) in [6, 6.07) is 13.5. The van der Waals surface area contributed by atoms with Gasteiger partial charge in [0.1, 0.15) is 11.7 Å². The van der Waals surface area contributed by atoms with Gasteiger partial charge in [-0.05, 0) is 61.2 Å². The van der Waals surface area contributed by atoms with Crippen LogP contribution in [0.2, 0.25) is 5.02 Å². The number of nitrogens with one attached hydrogen (secondary N) is 1. The van der Waals surface area contributed by atoms with Crippen LogP contribution >= 0.6 is 11.6 Å². The first kappa shape index (κ1) is 20.8. The summed E-state index contributed by atoms with van der Waals surface area (Å²) in [6.07, 6.45) is 1.84. The average molecular weight is 431 g/mol. The van der Waals surface area contributed by atoms with E-state index in [-0.39, 0.29) is 17.6 Å². The Morgan fingerprint density at radius 2 is 1.93 bits per heavy atom. The zero-order chi connectivity index (χ0) is 21.1. The highest BCUT2D eigenvalue weighted by Gasteiger charge is 2.40. The maximum Gasteiger partial charge on any atom is 0.239 e. The molecule has 2 aliphatic heterocycles. The molecule has 1 unspecified atom stereocenters. The van der Waals surface area contributed by atoms with Gasteiger partial charge in [-0.3, -0.25) is 9.59 Å². The number of nitrogens with zero attached hydrogens (tertiary/aromatic N) is 1. The van der Waals surface area contributed by atoms with Crippen molar-refractivity contribution in [1.82, 2.24) is 5.32 Å². The van der Waals surface area contributed by atoms with Crippen LogP contribution in [0.5, 0.6) is 0 Å². The number of hydrogen-bond acceptors (Lipinski definition) is 3. The quantitative estimate of drug-likeness (QED) is 0.736. The molecule has 0 spiro atoms. The van der Waals surface area contributed by atoms with Gasteiger partial charge in [-0.15, -0.1) is 0 Å². The summed E-state index contributed by atoms with van der Waals surface area (Å²) in [5, 5.41) is 3.58. The van der Waals surface area contributed by atoms with Gasteiger partial charge in [0.15, 0.2) is 0 Å². The summed E-state index contributed by atoms with van der Waals surface area (Å²) < 4.78 is 19.3. The van der Waals surface area contributed by atoms with Crippen LogP contribution in [0.15, 0.2) is 48.5 Å². The Kier molecular flexibility index (Phi) is 6.06. The molecular weight excluding hydrogens is 407 g/mol. The molecule has 1 atom stereocenters. The molecule has 30 heavy (non-hydrogen) atoms. The molecule has 0 aliphatic carbocycles. The monoisotopic (exact) mass is 430 g/mol. The Bertz CT molecular complexity index is 928. The van der Waals surface area contributed by atoms with Crippen LogP contribution in [0.25, 0.3) is 0 Å². The van der Waals surface area contributed by atoms with Gasteiger partial charge in [0.05, 0.1) is 0 Å². The second kappa shape index (κ2) is 8.74. The molecule has 7 heteroatoms. The third-order valence-electron chi connectivity index (χ3n) is 6.15. The number of carbonyl (C=O) groups is 2. The summed E-state index contributed by atoms with van der Waals surface area (Å²) in [4.78, 5) is 27.3. The Hall–Kier alpha value is -2.44. The van der Waals surface area contributed by atoms with Crippen molar-refractivity contribution in [2.75, 3.05) is 31.2 Å². The molecule has 1 N–H and O–H groups in total. The first-order valence-corrected chi connectivity index (χ1v) is 10.5. The van der Waals surface area contributed by atoms with E-state index in [1.165, 1.54) is 12.1 Å². The van der Waals surface area contributed by atoms with Crippen LogP contribution in [0.4, 0.5) is 10.1 Å². The average Bonchev–Trinajstić information content (AvgIpc) is 3.15. The van der Waals surface area contributed by atoms with Crippen LogP contribution in [0, 0.1) is 11.7 Å². The van der Waals surface area contributed by atoms with Gasteiger partial charge >= 0.3 is 0 Å². The maximum atomic E-state index is 13.8. The zero-order valence-electron chi connectivity index (χ0n) is 16.6. The van der Waals surface area contributed by atoms with Crippen LogP contribution in [-0.2, 0) is 19.7 Å². The van der Waals surface area contributed by atoms with Crippen molar-refractivity contribution in [1.29, 1.82) is 0 Å². The Labute approximate surface area is 180 Å². The Morgan fingerprint density at radius 1 is 1.20 bits per heavy atom.